The minimum Gasteiger partial charge on any atom is -0.400 e. The van der Waals surface area contributed by atoms with E-state index in [4.69, 9.17) is 5.73 Å². The van der Waals surface area contributed by atoms with Crippen LogP contribution in [0.2, 0.25) is 0 Å². The van der Waals surface area contributed by atoms with Crippen LogP contribution >= 0.6 is 0 Å². The Kier molecular flexibility index (Phi) is 2.31. The molecule has 0 atom stereocenters. The van der Waals surface area contributed by atoms with Gasteiger partial charge in [0, 0.05) is 31.9 Å². The van der Waals surface area contributed by atoms with Crippen LogP contribution in [0.4, 0.5) is 0 Å². The van der Waals surface area contributed by atoms with Crippen molar-refractivity contribution in [3.8, 4) is 0 Å². The third-order valence-corrected chi connectivity index (χ3v) is 1.76. The minimum absolute atomic E-state index is 0.915. The number of nitrogens with two attached hydrogens (primary N) is 1. The average molecular weight is 151 g/mol. The summed E-state index contributed by atoms with van der Waals surface area (Å²) < 4.78 is 0. The summed E-state index contributed by atoms with van der Waals surface area (Å²) >= 11 is 0. The molecule has 0 unspecified atom stereocenters. The summed E-state index contributed by atoms with van der Waals surface area (Å²) in [6.07, 6.45) is 4.19. The topological polar surface area (TPSA) is 41.6 Å². The van der Waals surface area contributed by atoms with Crippen LogP contribution in [0.1, 0.15) is 6.42 Å². The van der Waals surface area contributed by atoms with E-state index in [1.165, 1.54) is 6.20 Å². The molecule has 11 heavy (non-hydrogen) atoms. The van der Waals surface area contributed by atoms with Crippen LogP contribution in [0.15, 0.2) is 29.2 Å². The second-order valence-corrected chi connectivity index (χ2v) is 2.54. The molecule has 1 heterocycles. The van der Waals surface area contributed by atoms with Gasteiger partial charge in [-0.15, -0.1) is 0 Å². The first kappa shape index (κ1) is 7.85. The van der Waals surface area contributed by atoms with Gasteiger partial charge >= 0.3 is 0 Å². The van der Waals surface area contributed by atoms with E-state index in [1.54, 1.807) is 6.21 Å². The van der Waals surface area contributed by atoms with Crippen molar-refractivity contribution in [3.05, 3.63) is 24.2 Å². The lowest BCUT2D eigenvalue weighted by Crippen LogP contribution is -2.14. The van der Waals surface area contributed by atoms with Crippen LogP contribution < -0.4 is 5.73 Å². The van der Waals surface area contributed by atoms with E-state index < -0.39 is 0 Å². The molecular weight excluding hydrogens is 138 g/mol. The van der Waals surface area contributed by atoms with Crippen molar-refractivity contribution >= 4 is 6.21 Å². The fraction of sp³-hybridized carbons (Fsp3) is 0.375. The van der Waals surface area contributed by atoms with E-state index in [9.17, 15) is 0 Å². The van der Waals surface area contributed by atoms with E-state index in [0.717, 1.165) is 24.4 Å². The Labute approximate surface area is 66.9 Å². The average Bonchev–Trinajstić information content (AvgIpc) is 2.29. The number of allylic oxidation sites excluding steroid dienone is 1. The van der Waals surface area contributed by atoms with Crippen molar-refractivity contribution in [3.63, 3.8) is 0 Å². The Balaban J connectivity index is 2.74. The molecule has 0 bridgehead atoms. The van der Waals surface area contributed by atoms with Gasteiger partial charge in [0.05, 0.1) is 11.9 Å². The number of rotatable bonds is 2. The van der Waals surface area contributed by atoms with Crippen LogP contribution in [0, 0.1) is 0 Å². The summed E-state index contributed by atoms with van der Waals surface area (Å²) in [5.74, 6) is 0. The first-order valence-corrected chi connectivity index (χ1v) is 3.59. The highest BCUT2D eigenvalue weighted by atomic mass is 15.1. The maximum Gasteiger partial charge on any atom is 0.0740 e. The Hall–Kier alpha value is -1.25. The molecule has 0 aromatic rings. The minimum atomic E-state index is 0.915. The zero-order chi connectivity index (χ0) is 8.27. The molecule has 0 spiro atoms. The summed E-state index contributed by atoms with van der Waals surface area (Å²) in [4.78, 5) is 6.00. The van der Waals surface area contributed by atoms with Gasteiger partial charge in [-0.2, -0.15) is 0 Å². The van der Waals surface area contributed by atoms with Gasteiger partial charge in [-0.3, -0.25) is 4.99 Å². The quantitative estimate of drug-likeness (QED) is 0.590. The largest absolute Gasteiger partial charge is 0.400 e. The normalized spacial score (nSPS) is 18.5. The second kappa shape index (κ2) is 3.23. The van der Waals surface area contributed by atoms with Crippen LogP contribution in [-0.4, -0.2) is 24.7 Å². The van der Waals surface area contributed by atoms with Crippen LogP contribution in [0.3, 0.4) is 0 Å². The molecule has 0 aromatic heterocycles. The molecule has 1 aliphatic rings. The van der Waals surface area contributed by atoms with Crippen molar-refractivity contribution in [2.45, 2.75) is 6.42 Å². The lowest BCUT2D eigenvalue weighted by atomic mass is 10.3. The summed E-state index contributed by atoms with van der Waals surface area (Å²) in [7, 11) is 2.00. The van der Waals surface area contributed by atoms with Gasteiger partial charge in [0.15, 0.2) is 0 Å². The molecule has 1 rings (SSSR count). The molecule has 0 aromatic carbocycles. The number of nitrogens with zero attached hydrogens (tertiary/aromatic N) is 2. The van der Waals surface area contributed by atoms with Gasteiger partial charge < -0.3 is 10.6 Å². The predicted molar refractivity (Wildman–Crippen MR) is 47.1 cm³/mol. The van der Waals surface area contributed by atoms with Gasteiger partial charge in [-0.1, -0.05) is 6.58 Å². The first-order chi connectivity index (χ1) is 5.25. The first-order valence-electron chi connectivity index (χ1n) is 3.59. The van der Waals surface area contributed by atoms with E-state index >= 15 is 0 Å². The highest BCUT2D eigenvalue weighted by Gasteiger charge is 2.14. The van der Waals surface area contributed by atoms with Crippen LogP contribution in [-0.2, 0) is 0 Å². The zero-order valence-electron chi connectivity index (χ0n) is 6.75. The van der Waals surface area contributed by atoms with Crippen molar-refractivity contribution in [1.29, 1.82) is 0 Å². The molecule has 0 saturated carbocycles. The number of aliphatic imine (C=N–C) groups is 1. The molecule has 3 heteroatoms. The van der Waals surface area contributed by atoms with E-state index in [2.05, 4.69) is 16.5 Å². The molecule has 0 saturated heterocycles. The standard InChI is InChI=1S/C8H13N3/c1-3-10-6-8-7(9)4-5-11(8)2/h3,6H,1,4-5,9H2,2H3/b10-6-. The highest BCUT2D eigenvalue weighted by molar-refractivity contribution is 5.79. The van der Waals surface area contributed by atoms with Gasteiger partial charge in [-0.05, 0) is 0 Å². The van der Waals surface area contributed by atoms with Crippen LogP contribution in [0.25, 0.3) is 0 Å². The Morgan fingerprint density at radius 2 is 2.45 bits per heavy atom. The van der Waals surface area contributed by atoms with Gasteiger partial charge in [0.1, 0.15) is 0 Å². The van der Waals surface area contributed by atoms with E-state index in [-0.39, 0.29) is 0 Å². The molecule has 0 fully saturated rings. The second-order valence-electron chi connectivity index (χ2n) is 2.54. The Morgan fingerprint density at radius 3 is 2.91 bits per heavy atom. The van der Waals surface area contributed by atoms with Gasteiger partial charge in [0.25, 0.3) is 0 Å². The monoisotopic (exact) mass is 151 g/mol. The van der Waals surface area contributed by atoms with Crippen molar-refractivity contribution in [1.82, 2.24) is 4.90 Å². The summed E-state index contributed by atoms with van der Waals surface area (Å²) in [5.41, 5.74) is 7.66. The maximum atomic E-state index is 5.72. The van der Waals surface area contributed by atoms with Crippen LogP contribution in [0.5, 0.6) is 0 Å². The highest BCUT2D eigenvalue weighted by Crippen LogP contribution is 2.14. The zero-order valence-corrected chi connectivity index (χ0v) is 6.75. The van der Waals surface area contributed by atoms with E-state index in [1.807, 2.05) is 7.05 Å². The molecule has 60 valence electrons. The molecule has 0 aliphatic carbocycles. The van der Waals surface area contributed by atoms with Crippen molar-refractivity contribution in [2.75, 3.05) is 13.6 Å². The summed E-state index contributed by atoms with van der Waals surface area (Å²) in [5, 5.41) is 0. The summed E-state index contributed by atoms with van der Waals surface area (Å²) in [6, 6.07) is 0. The molecule has 1 aliphatic heterocycles. The predicted octanol–water partition coefficient (Wildman–Crippen LogP) is 0.707. The lowest BCUT2D eigenvalue weighted by molar-refractivity contribution is 0.480. The lowest BCUT2D eigenvalue weighted by Gasteiger charge is -2.10. The number of hydrogen-bond acceptors (Lipinski definition) is 3. The molecule has 2 N–H and O–H groups in total. The molecular formula is C8H13N3. The Morgan fingerprint density at radius 1 is 1.73 bits per heavy atom. The smallest absolute Gasteiger partial charge is 0.0740 e. The third-order valence-electron chi connectivity index (χ3n) is 1.76. The summed E-state index contributed by atoms with van der Waals surface area (Å²) in [6.45, 7) is 4.48. The van der Waals surface area contributed by atoms with E-state index in [0.29, 0.717) is 0 Å². The molecule has 3 nitrogen and oxygen atoms in total. The van der Waals surface area contributed by atoms with Gasteiger partial charge in [0.2, 0.25) is 0 Å². The molecule has 0 amide bonds. The molecule has 0 radical (unpaired) electrons. The van der Waals surface area contributed by atoms with Crippen molar-refractivity contribution in [2.24, 2.45) is 10.7 Å². The fourth-order valence-corrected chi connectivity index (χ4v) is 1.09. The fourth-order valence-electron chi connectivity index (χ4n) is 1.09. The van der Waals surface area contributed by atoms with Gasteiger partial charge in [-0.25, -0.2) is 0 Å². The maximum absolute atomic E-state index is 5.72. The van der Waals surface area contributed by atoms with Crippen molar-refractivity contribution < 1.29 is 0 Å². The SMILES string of the molecule is C=C/N=C\C1=C(N)CCN1C. The Bertz CT molecular complexity index is 215. The number of hydrogen-bond donors (Lipinski definition) is 1. The third kappa shape index (κ3) is 1.61.